The first-order valence-electron chi connectivity index (χ1n) is 6.07. The van der Waals surface area contributed by atoms with Crippen LogP contribution in [0.4, 0.5) is 0 Å². The van der Waals surface area contributed by atoms with Crippen LogP contribution in [0.15, 0.2) is 4.52 Å². The second kappa shape index (κ2) is 4.17. The number of nitrogens with two attached hydrogens (primary N) is 1. The van der Waals surface area contributed by atoms with Crippen LogP contribution in [0.3, 0.4) is 0 Å². The van der Waals surface area contributed by atoms with E-state index in [1.54, 1.807) is 0 Å². The van der Waals surface area contributed by atoms with Crippen LogP contribution in [-0.2, 0) is 0 Å². The van der Waals surface area contributed by atoms with Crippen LogP contribution in [-0.4, -0.2) is 10.1 Å². The summed E-state index contributed by atoms with van der Waals surface area (Å²) in [6, 6.07) is -0.185. The highest BCUT2D eigenvalue weighted by molar-refractivity contribution is 5.01. The molecule has 0 bridgehead atoms. The first-order valence-corrected chi connectivity index (χ1v) is 6.07. The normalized spacial score (nSPS) is 20.2. The highest BCUT2D eigenvalue weighted by Gasteiger charge is 2.29. The molecule has 4 heteroatoms. The maximum atomic E-state index is 6.09. The molecule has 1 atom stereocenters. The molecule has 1 aliphatic rings. The molecule has 1 aliphatic carbocycles. The molecule has 0 radical (unpaired) electrons. The van der Waals surface area contributed by atoms with E-state index in [2.05, 4.69) is 30.9 Å². The van der Waals surface area contributed by atoms with Crippen LogP contribution in [0.1, 0.15) is 70.1 Å². The molecule has 0 saturated heterocycles. The predicted octanol–water partition coefficient (Wildman–Crippen LogP) is 2.77. The molecule has 2 N–H and O–H groups in total. The number of rotatable bonds is 2. The van der Waals surface area contributed by atoms with Gasteiger partial charge in [-0.25, -0.2) is 0 Å². The van der Waals surface area contributed by atoms with E-state index in [4.69, 9.17) is 10.3 Å². The van der Waals surface area contributed by atoms with Gasteiger partial charge in [0, 0.05) is 5.92 Å². The molecule has 2 rings (SSSR count). The molecule has 90 valence electrons. The first-order chi connectivity index (χ1) is 7.48. The lowest BCUT2D eigenvalue weighted by molar-refractivity contribution is 0.252. The Hall–Kier alpha value is -0.900. The minimum absolute atomic E-state index is 0.0422. The molecular weight excluding hydrogens is 202 g/mol. The van der Waals surface area contributed by atoms with E-state index in [1.807, 2.05) is 0 Å². The van der Waals surface area contributed by atoms with Gasteiger partial charge >= 0.3 is 0 Å². The van der Waals surface area contributed by atoms with Crippen LogP contribution in [0.5, 0.6) is 0 Å². The summed E-state index contributed by atoms with van der Waals surface area (Å²) in [5.74, 6) is 1.92. The summed E-state index contributed by atoms with van der Waals surface area (Å²) in [6.07, 6.45) is 4.92. The van der Waals surface area contributed by atoms with Crippen molar-refractivity contribution in [3.8, 4) is 0 Å². The van der Waals surface area contributed by atoms with Crippen LogP contribution in [0.25, 0.3) is 0 Å². The third kappa shape index (κ3) is 2.26. The molecular formula is C12H21N3O. The van der Waals surface area contributed by atoms with E-state index in [0.717, 1.165) is 5.82 Å². The molecule has 1 fully saturated rings. The van der Waals surface area contributed by atoms with E-state index in [1.165, 1.54) is 25.7 Å². The second-order valence-corrected chi connectivity index (χ2v) is 5.82. The number of nitrogens with zero attached hydrogens (tertiary/aromatic N) is 2. The Kier molecular flexibility index (Phi) is 3.02. The SMILES string of the molecule is CC(C)(C)C(N)c1nc(C2CCCC2)no1. The van der Waals surface area contributed by atoms with E-state index in [0.29, 0.717) is 11.8 Å². The van der Waals surface area contributed by atoms with Crippen molar-refractivity contribution in [3.05, 3.63) is 11.7 Å². The van der Waals surface area contributed by atoms with Gasteiger partial charge in [-0.3, -0.25) is 0 Å². The third-order valence-electron chi connectivity index (χ3n) is 3.38. The molecule has 1 saturated carbocycles. The maximum Gasteiger partial charge on any atom is 0.244 e. The van der Waals surface area contributed by atoms with Gasteiger partial charge in [0.25, 0.3) is 0 Å². The Morgan fingerprint density at radius 1 is 1.31 bits per heavy atom. The lowest BCUT2D eigenvalue weighted by atomic mass is 9.87. The van der Waals surface area contributed by atoms with Gasteiger partial charge in [0.1, 0.15) is 0 Å². The smallest absolute Gasteiger partial charge is 0.244 e. The van der Waals surface area contributed by atoms with E-state index >= 15 is 0 Å². The number of aromatic nitrogens is 2. The van der Waals surface area contributed by atoms with Gasteiger partial charge in [0.15, 0.2) is 5.82 Å². The molecule has 4 nitrogen and oxygen atoms in total. The summed E-state index contributed by atoms with van der Waals surface area (Å²) in [6.45, 7) is 6.24. The van der Waals surface area contributed by atoms with Gasteiger partial charge in [-0.1, -0.05) is 38.8 Å². The van der Waals surface area contributed by atoms with Gasteiger partial charge in [0.05, 0.1) is 6.04 Å². The van der Waals surface area contributed by atoms with E-state index < -0.39 is 0 Å². The van der Waals surface area contributed by atoms with E-state index in [9.17, 15) is 0 Å². The molecule has 16 heavy (non-hydrogen) atoms. The zero-order valence-corrected chi connectivity index (χ0v) is 10.4. The number of hydrogen-bond acceptors (Lipinski definition) is 4. The Balaban J connectivity index is 2.12. The zero-order chi connectivity index (χ0) is 11.8. The van der Waals surface area contributed by atoms with Crippen molar-refractivity contribution in [2.75, 3.05) is 0 Å². The molecule has 1 aromatic heterocycles. The van der Waals surface area contributed by atoms with Gasteiger partial charge < -0.3 is 10.3 Å². The topological polar surface area (TPSA) is 64.9 Å². The summed E-state index contributed by atoms with van der Waals surface area (Å²) in [4.78, 5) is 4.46. The fraction of sp³-hybridized carbons (Fsp3) is 0.833. The highest BCUT2D eigenvalue weighted by Crippen LogP contribution is 2.34. The van der Waals surface area contributed by atoms with Crippen molar-refractivity contribution in [2.24, 2.45) is 11.1 Å². The minimum atomic E-state index is -0.185. The second-order valence-electron chi connectivity index (χ2n) is 5.82. The van der Waals surface area contributed by atoms with Crippen molar-refractivity contribution in [1.82, 2.24) is 10.1 Å². The average Bonchev–Trinajstić information content (AvgIpc) is 2.85. The van der Waals surface area contributed by atoms with Crippen molar-refractivity contribution >= 4 is 0 Å². The standard InChI is InChI=1S/C12H21N3O/c1-12(2,3)9(13)11-14-10(15-16-11)8-6-4-5-7-8/h8-9H,4-7,13H2,1-3H3. The average molecular weight is 223 g/mol. The maximum absolute atomic E-state index is 6.09. The van der Waals surface area contributed by atoms with Crippen LogP contribution in [0.2, 0.25) is 0 Å². The van der Waals surface area contributed by atoms with Crippen molar-refractivity contribution < 1.29 is 4.52 Å². The quantitative estimate of drug-likeness (QED) is 0.837. The van der Waals surface area contributed by atoms with Crippen molar-refractivity contribution in [2.45, 2.75) is 58.4 Å². The van der Waals surface area contributed by atoms with Crippen LogP contribution < -0.4 is 5.73 Å². The summed E-state index contributed by atoms with van der Waals surface area (Å²) >= 11 is 0. The molecule has 0 amide bonds. The van der Waals surface area contributed by atoms with Crippen LogP contribution in [0, 0.1) is 5.41 Å². The Labute approximate surface area is 96.6 Å². The van der Waals surface area contributed by atoms with Gasteiger partial charge in [-0.05, 0) is 18.3 Å². The molecule has 1 heterocycles. The highest BCUT2D eigenvalue weighted by atomic mass is 16.5. The zero-order valence-electron chi connectivity index (χ0n) is 10.4. The fourth-order valence-corrected chi connectivity index (χ4v) is 2.09. The van der Waals surface area contributed by atoms with Gasteiger partial charge in [-0.15, -0.1) is 0 Å². The lowest BCUT2D eigenvalue weighted by Crippen LogP contribution is -2.26. The predicted molar refractivity (Wildman–Crippen MR) is 61.9 cm³/mol. The Bertz CT molecular complexity index is 347. The third-order valence-corrected chi connectivity index (χ3v) is 3.38. The number of hydrogen-bond donors (Lipinski definition) is 1. The summed E-state index contributed by atoms with van der Waals surface area (Å²) in [5, 5.41) is 4.07. The summed E-state index contributed by atoms with van der Waals surface area (Å²) in [5.41, 5.74) is 6.05. The van der Waals surface area contributed by atoms with Gasteiger partial charge in [-0.2, -0.15) is 4.98 Å². The Morgan fingerprint density at radius 3 is 2.50 bits per heavy atom. The summed E-state index contributed by atoms with van der Waals surface area (Å²) in [7, 11) is 0. The van der Waals surface area contributed by atoms with Crippen molar-refractivity contribution in [3.63, 3.8) is 0 Å². The van der Waals surface area contributed by atoms with Crippen LogP contribution >= 0.6 is 0 Å². The molecule has 1 aromatic rings. The monoisotopic (exact) mass is 223 g/mol. The van der Waals surface area contributed by atoms with E-state index in [-0.39, 0.29) is 11.5 Å². The lowest BCUT2D eigenvalue weighted by Gasteiger charge is -2.23. The van der Waals surface area contributed by atoms with Crippen molar-refractivity contribution in [1.29, 1.82) is 0 Å². The van der Waals surface area contributed by atoms with Gasteiger partial charge in [0.2, 0.25) is 5.89 Å². The first kappa shape index (κ1) is 11.6. The summed E-state index contributed by atoms with van der Waals surface area (Å²) < 4.78 is 5.28. The molecule has 1 unspecified atom stereocenters. The molecule has 0 spiro atoms. The largest absolute Gasteiger partial charge is 0.338 e. The minimum Gasteiger partial charge on any atom is -0.338 e. The molecule has 0 aromatic carbocycles. The molecule has 0 aliphatic heterocycles. The fourth-order valence-electron chi connectivity index (χ4n) is 2.09. The Morgan fingerprint density at radius 2 is 1.94 bits per heavy atom.